The summed E-state index contributed by atoms with van der Waals surface area (Å²) in [5.74, 6) is -2.25. The Balaban J connectivity index is 0. The van der Waals surface area contributed by atoms with Crippen LogP contribution in [0, 0.1) is 0 Å². The van der Waals surface area contributed by atoms with Crippen molar-refractivity contribution in [1.29, 1.82) is 0 Å². The van der Waals surface area contributed by atoms with E-state index in [4.69, 9.17) is 30.8 Å². The summed E-state index contributed by atoms with van der Waals surface area (Å²) in [6, 6.07) is 8.35. The molecule has 0 amide bonds. The molecule has 2 aromatic carbocycles. The molecule has 0 unspecified atom stereocenters. The van der Waals surface area contributed by atoms with E-state index in [1.807, 2.05) is 0 Å². The number of aliphatic carboxylic acids is 2. The Labute approximate surface area is 213 Å². The monoisotopic (exact) mass is 514 g/mol. The Kier molecular flexibility index (Phi) is 12.4. The van der Waals surface area contributed by atoms with Crippen LogP contribution in [0.4, 0.5) is 0 Å². The zero-order valence-corrected chi connectivity index (χ0v) is 21.0. The van der Waals surface area contributed by atoms with Gasteiger partial charge in [-0.25, -0.2) is 0 Å². The standard InChI is InChI=1S/2C9H11NO5S.Na.H/c2*10-8(9(11)12)5-6-1-3-7(4-2-6)16(13,14)15;;/h2*1-4,8H,5,10H2,(H,11,12)(H,13,14,15);;/q;;+1;-1/t2*8-;;/m00../s1. The largest absolute Gasteiger partial charge is 1.00 e. The Hall–Kier alpha value is -1.88. The van der Waals surface area contributed by atoms with Gasteiger partial charge in [0.2, 0.25) is 0 Å². The van der Waals surface area contributed by atoms with Gasteiger partial charge in [-0.3, -0.25) is 18.7 Å². The van der Waals surface area contributed by atoms with Crippen molar-refractivity contribution in [2.75, 3.05) is 0 Å². The van der Waals surface area contributed by atoms with Gasteiger partial charge in [0.05, 0.1) is 9.79 Å². The van der Waals surface area contributed by atoms with Gasteiger partial charge >= 0.3 is 41.5 Å². The molecule has 0 fully saturated rings. The normalized spacial score (nSPS) is 13.0. The second-order valence-corrected chi connectivity index (χ2v) is 9.38. The maximum absolute atomic E-state index is 10.7. The second kappa shape index (κ2) is 13.1. The van der Waals surface area contributed by atoms with Crippen molar-refractivity contribution < 1.29 is 76.7 Å². The number of hydrogen-bond acceptors (Lipinski definition) is 8. The molecule has 0 bridgehead atoms. The minimum absolute atomic E-state index is 0. The molecule has 2 aromatic rings. The van der Waals surface area contributed by atoms with Gasteiger partial charge in [-0.05, 0) is 48.2 Å². The molecule has 2 atom stereocenters. The molecule has 0 radical (unpaired) electrons. The van der Waals surface area contributed by atoms with Crippen LogP contribution in [0.1, 0.15) is 12.6 Å². The summed E-state index contributed by atoms with van der Waals surface area (Å²) in [6.45, 7) is 0. The molecule has 8 N–H and O–H groups in total. The Morgan fingerprint density at radius 1 is 0.697 bits per heavy atom. The van der Waals surface area contributed by atoms with Crippen LogP contribution in [0.2, 0.25) is 0 Å². The van der Waals surface area contributed by atoms with E-state index < -0.39 is 44.3 Å². The zero-order chi connectivity index (χ0) is 24.7. The average molecular weight is 515 g/mol. The van der Waals surface area contributed by atoms with E-state index in [1.54, 1.807) is 0 Å². The molecular formula is C18H23N2NaO10S2. The number of hydrogen-bond donors (Lipinski definition) is 6. The first-order valence-corrected chi connectivity index (χ1v) is 11.6. The van der Waals surface area contributed by atoms with E-state index >= 15 is 0 Å². The van der Waals surface area contributed by atoms with Crippen LogP contribution in [0.25, 0.3) is 0 Å². The van der Waals surface area contributed by atoms with Crippen LogP contribution < -0.4 is 41.0 Å². The molecule has 15 heteroatoms. The van der Waals surface area contributed by atoms with Crippen molar-refractivity contribution in [1.82, 2.24) is 0 Å². The maximum Gasteiger partial charge on any atom is 1.00 e. The molecule has 12 nitrogen and oxygen atoms in total. The summed E-state index contributed by atoms with van der Waals surface area (Å²) in [7, 11) is -8.42. The molecule has 0 aliphatic heterocycles. The van der Waals surface area contributed by atoms with Gasteiger partial charge in [-0.2, -0.15) is 16.8 Å². The van der Waals surface area contributed by atoms with Crippen molar-refractivity contribution >= 4 is 32.2 Å². The van der Waals surface area contributed by atoms with Gasteiger partial charge in [-0.1, -0.05) is 24.3 Å². The summed E-state index contributed by atoms with van der Waals surface area (Å²) in [5, 5.41) is 17.1. The van der Waals surface area contributed by atoms with E-state index in [2.05, 4.69) is 0 Å². The third-order valence-electron chi connectivity index (χ3n) is 3.99. The Morgan fingerprint density at radius 2 is 0.939 bits per heavy atom. The van der Waals surface area contributed by atoms with Gasteiger partial charge in [0.15, 0.2) is 0 Å². The molecule has 0 aliphatic rings. The number of carboxylic acid groups (broad SMARTS) is 2. The van der Waals surface area contributed by atoms with Crippen molar-refractivity contribution in [3.8, 4) is 0 Å². The van der Waals surface area contributed by atoms with Crippen LogP contribution in [0.5, 0.6) is 0 Å². The minimum atomic E-state index is -4.21. The molecule has 0 heterocycles. The molecule has 0 aliphatic carbocycles. The third kappa shape index (κ3) is 11.2. The van der Waals surface area contributed by atoms with Gasteiger partial charge in [0.25, 0.3) is 20.2 Å². The van der Waals surface area contributed by atoms with E-state index in [0.29, 0.717) is 11.1 Å². The first-order chi connectivity index (χ1) is 14.6. The number of carbonyl (C=O) groups is 2. The predicted molar refractivity (Wildman–Crippen MR) is 112 cm³/mol. The summed E-state index contributed by atoms with van der Waals surface area (Å²) >= 11 is 0. The van der Waals surface area contributed by atoms with Crippen LogP contribution >= 0.6 is 0 Å². The molecule has 2 rings (SSSR count). The predicted octanol–water partition coefficient (Wildman–Crippen LogP) is -3.11. The fraction of sp³-hybridized carbons (Fsp3) is 0.222. The summed E-state index contributed by atoms with van der Waals surface area (Å²) < 4.78 is 60.3. The summed E-state index contributed by atoms with van der Waals surface area (Å²) in [4.78, 5) is 20.5. The van der Waals surface area contributed by atoms with Crippen molar-refractivity contribution in [3.05, 3.63) is 59.7 Å². The summed E-state index contributed by atoms with van der Waals surface area (Å²) in [6.07, 6.45) is 0.197. The van der Waals surface area contributed by atoms with Gasteiger partial charge in [0.1, 0.15) is 12.1 Å². The Morgan fingerprint density at radius 3 is 1.12 bits per heavy atom. The smallest absolute Gasteiger partial charge is 1.00 e. The van der Waals surface area contributed by atoms with Crippen LogP contribution in [-0.4, -0.2) is 60.2 Å². The second-order valence-electron chi connectivity index (χ2n) is 6.54. The molecule has 0 aromatic heterocycles. The van der Waals surface area contributed by atoms with E-state index in [9.17, 15) is 26.4 Å². The van der Waals surface area contributed by atoms with Crippen molar-refractivity contribution in [2.24, 2.45) is 11.5 Å². The first kappa shape index (κ1) is 31.1. The molecule has 33 heavy (non-hydrogen) atoms. The molecule has 0 saturated heterocycles. The van der Waals surface area contributed by atoms with E-state index in [1.165, 1.54) is 48.5 Å². The number of carboxylic acids is 2. The minimum Gasteiger partial charge on any atom is -1.00 e. The third-order valence-corrected chi connectivity index (χ3v) is 5.72. The Bertz CT molecular complexity index is 1060. The van der Waals surface area contributed by atoms with Gasteiger partial charge in [-0.15, -0.1) is 0 Å². The van der Waals surface area contributed by atoms with Gasteiger partial charge < -0.3 is 23.1 Å². The molecular weight excluding hydrogens is 491 g/mol. The van der Waals surface area contributed by atoms with Crippen LogP contribution in [0.3, 0.4) is 0 Å². The summed E-state index contributed by atoms with van der Waals surface area (Å²) in [5.41, 5.74) is 11.8. The van der Waals surface area contributed by atoms with Gasteiger partial charge in [0, 0.05) is 0 Å². The molecule has 0 spiro atoms. The first-order valence-electron chi connectivity index (χ1n) is 8.71. The van der Waals surface area contributed by atoms with Crippen molar-refractivity contribution in [3.63, 3.8) is 0 Å². The average Bonchev–Trinajstić information content (AvgIpc) is 2.67. The fourth-order valence-corrected chi connectivity index (χ4v) is 3.24. The van der Waals surface area contributed by atoms with E-state index in [-0.39, 0.29) is 53.6 Å². The van der Waals surface area contributed by atoms with Crippen LogP contribution in [-0.2, 0) is 42.7 Å². The number of rotatable bonds is 8. The SMILES string of the molecule is N[C@@H](Cc1ccc(S(=O)(=O)O)cc1)C(=O)O.N[C@@H](Cc1ccc(S(=O)(=O)O)cc1)C(=O)O.[H-].[Na+]. The molecule has 0 saturated carbocycles. The fourth-order valence-electron chi connectivity index (χ4n) is 2.28. The number of nitrogens with two attached hydrogens (primary N) is 2. The maximum atomic E-state index is 10.7. The van der Waals surface area contributed by atoms with Crippen molar-refractivity contribution in [2.45, 2.75) is 34.7 Å². The topological polar surface area (TPSA) is 235 Å². The number of benzene rings is 2. The molecule has 178 valence electrons. The zero-order valence-electron chi connectivity index (χ0n) is 18.4. The van der Waals surface area contributed by atoms with Crippen LogP contribution in [0.15, 0.2) is 58.3 Å². The quantitative estimate of drug-likeness (QED) is 0.152. The van der Waals surface area contributed by atoms with E-state index in [0.717, 1.165) is 0 Å².